The number of amides is 2. The van der Waals surface area contributed by atoms with Gasteiger partial charge >= 0.3 is 0 Å². The number of benzene rings is 1. The summed E-state index contributed by atoms with van der Waals surface area (Å²) in [7, 11) is 0. The summed E-state index contributed by atoms with van der Waals surface area (Å²) >= 11 is 0. The lowest BCUT2D eigenvalue weighted by molar-refractivity contribution is -0.123. The summed E-state index contributed by atoms with van der Waals surface area (Å²) in [6, 6.07) is 6.01. The van der Waals surface area contributed by atoms with Gasteiger partial charge in [0.1, 0.15) is 0 Å². The number of anilines is 1. The van der Waals surface area contributed by atoms with Gasteiger partial charge in [-0.15, -0.1) is 0 Å². The molecular formula is C13H16N2O2. The molecule has 0 aliphatic carbocycles. The number of rotatable bonds is 1. The lowest BCUT2D eigenvalue weighted by Gasteiger charge is -2.20. The number of nitrogens with one attached hydrogen (secondary N) is 1. The van der Waals surface area contributed by atoms with E-state index in [1.54, 1.807) is 4.90 Å². The van der Waals surface area contributed by atoms with Crippen molar-refractivity contribution >= 4 is 17.5 Å². The molecule has 1 N–H and O–H groups in total. The molecule has 0 saturated carbocycles. The van der Waals surface area contributed by atoms with E-state index in [0.29, 0.717) is 13.0 Å². The van der Waals surface area contributed by atoms with Gasteiger partial charge in [-0.1, -0.05) is 6.07 Å². The Morgan fingerprint density at radius 2 is 1.76 bits per heavy atom. The fraction of sp³-hybridized carbons (Fsp3) is 0.385. The summed E-state index contributed by atoms with van der Waals surface area (Å²) < 4.78 is 0. The monoisotopic (exact) mass is 232 g/mol. The Labute approximate surface area is 101 Å². The SMILES string of the molecule is Cc1cc(C)cc(N2CCC(=O)NCC2=O)c1. The summed E-state index contributed by atoms with van der Waals surface area (Å²) in [5, 5.41) is 2.59. The van der Waals surface area contributed by atoms with Crippen molar-refractivity contribution in [3.63, 3.8) is 0 Å². The number of aryl methyl sites for hydroxylation is 2. The van der Waals surface area contributed by atoms with Crippen LogP contribution in [0.1, 0.15) is 17.5 Å². The third kappa shape index (κ3) is 2.64. The van der Waals surface area contributed by atoms with Crippen molar-refractivity contribution in [2.24, 2.45) is 0 Å². The van der Waals surface area contributed by atoms with E-state index in [4.69, 9.17) is 0 Å². The van der Waals surface area contributed by atoms with Crippen LogP contribution in [0.15, 0.2) is 18.2 Å². The van der Waals surface area contributed by atoms with E-state index in [9.17, 15) is 9.59 Å². The molecule has 1 aliphatic rings. The van der Waals surface area contributed by atoms with E-state index in [-0.39, 0.29) is 18.4 Å². The molecule has 4 nitrogen and oxygen atoms in total. The number of hydrogen-bond acceptors (Lipinski definition) is 2. The van der Waals surface area contributed by atoms with Crippen LogP contribution < -0.4 is 10.2 Å². The summed E-state index contributed by atoms with van der Waals surface area (Å²) in [5.74, 6) is -0.119. The molecule has 0 atom stereocenters. The van der Waals surface area contributed by atoms with Gasteiger partial charge in [-0.25, -0.2) is 0 Å². The highest BCUT2D eigenvalue weighted by molar-refractivity contribution is 5.98. The molecule has 2 rings (SSSR count). The minimum atomic E-state index is -0.0646. The largest absolute Gasteiger partial charge is 0.347 e. The van der Waals surface area contributed by atoms with Crippen LogP contribution in [0.2, 0.25) is 0 Å². The standard InChI is InChI=1S/C13H16N2O2/c1-9-5-10(2)7-11(6-9)15-4-3-12(16)14-8-13(15)17/h5-7H,3-4,8H2,1-2H3,(H,14,16). The Morgan fingerprint density at radius 1 is 1.12 bits per heavy atom. The van der Waals surface area contributed by atoms with Crippen molar-refractivity contribution in [1.82, 2.24) is 5.32 Å². The third-order valence-electron chi connectivity index (χ3n) is 2.82. The van der Waals surface area contributed by atoms with Gasteiger partial charge in [-0.05, 0) is 37.1 Å². The van der Waals surface area contributed by atoms with Crippen molar-refractivity contribution in [2.75, 3.05) is 18.0 Å². The molecule has 0 aromatic heterocycles. The number of carbonyl (C=O) groups is 2. The van der Waals surface area contributed by atoms with Crippen LogP contribution in [0.4, 0.5) is 5.69 Å². The molecule has 0 radical (unpaired) electrons. The van der Waals surface area contributed by atoms with Crippen LogP contribution >= 0.6 is 0 Å². The van der Waals surface area contributed by atoms with Gasteiger partial charge in [0.2, 0.25) is 11.8 Å². The Morgan fingerprint density at radius 3 is 2.41 bits per heavy atom. The van der Waals surface area contributed by atoms with E-state index in [1.165, 1.54) is 0 Å². The molecule has 1 heterocycles. The average molecular weight is 232 g/mol. The molecular weight excluding hydrogens is 216 g/mol. The fourth-order valence-corrected chi connectivity index (χ4v) is 2.08. The molecule has 90 valence electrons. The Hall–Kier alpha value is -1.84. The zero-order valence-corrected chi connectivity index (χ0v) is 10.1. The highest BCUT2D eigenvalue weighted by Gasteiger charge is 2.21. The molecule has 1 aromatic carbocycles. The van der Waals surface area contributed by atoms with E-state index in [2.05, 4.69) is 11.4 Å². The Bertz CT molecular complexity index is 448. The zero-order valence-electron chi connectivity index (χ0n) is 10.1. The first-order valence-corrected chi connectivity index (χ1v) is 5.71. The fourth-order valence-electron chi connectivity index (χ4n) is 2.08. The highest BCUT2D eigenvalue weighted by Crippen LogP contribution is 2.19. The number of nitrogens with zero attached hydrogens (tertiary/aromatic N) is 1. The lowest BCUT2D eigenvalue weighted by atomic mass is 10.1. The van der Waals surface area contributed by atoms with Gasteiger partial charge in [-0.3, -0.25) is 9.59 Å². The first-order chi connectivity index (χ1) is 8.06. The maximum absolute atomic E-state index is 11.9. The number of carbonyl (C=O) groups excluding carboxylic acids is 2. The first-order valence-electron chi connectivity index (χ1n) is 5.71. The summed E-state index contributed by atoms with van der Waals surface area (Å²) in [6.45, 7) is 4.55. The molecule has 0 spiro atoms. The predicted molar refractivity (Wildman–Crippen MR) is 65.9 cm³/mol. The van der Waals surface area contributed by atoms with Gasteiger partial charge in [0.05, 0.1) is 6.54 Å². The van der Waals surface area contributed by atoms with E-state index in [0.717, 1.165) is 16.8 Å². The summed E-state index contributed by atoms with van der Waals surface area (Å²) in [6.07, 6.45) is 0.360. The highest BCUT2D eigenvalue weighted by atomic mass is 16.2. The zero-order chi connectivity index (χ0) is 12.4. The van der Waals surface area contributed by atoms with Gasteiger partial charge in [0.15, 0.2) is 0 Å². The number of hydrogen-bond donors (Lipinski definition) is 1. The van der Waals surface area contributed by atoms with Crippen molar-refractivity contribution in [1.29, 1.82) is 0 Å². The summed E-state index contributed by atoms with van der Waals surface area (Å²) in [5.41, 5.74) is 3.12. The molecule has 1 saturated heterocycles. The molecule has 1 aromatic rings. The quantitative estimate of drug-likeness (QED) is 0.789. The van der Waals surface area contributed by atoms with Gasteiger partial charge < -0.3 is 10.2 Å². The van der Waals surface area contributed by atoms with Crippen molar-refractivity contribution in [3.05, 3.63) is 29.3 Å². The van der Waals surface area contributed by atoms with Crippen LogP contribution in [-0.4, -0.2) is 24.9 Å². The molecule has 0 unspecified atom stereocenters. The molecule has 17 heavy (non-hydrogen) atoms. The van der Waals surface area contributed by atoms with Gasteiger partial charge in [0.25, 0.3) is 0 Å². The minimum absolute atomic E-state index is 0.0548. The maximum atomic E-state index is 11.9. The van der Waals surface area contributed by atoms with Gasteiger partial charge in [-0.2, -0.15) is 0 Å². The maximum Gasteiger partial charge on any atom is 0.246 e. The second-order valence-corrected chi connectivity index (χ2v) is 4.42. The lowest BCUT2D eigenvalue weighted by Crippen LogP contribution is -2.35. The van der Waals surface area contributed by atoms with E-state index < -0.39 is 0 Å². The predicted octanol–water partition coefficient (Wildman–Crippen LogP) is 1.16. The smallest absolute Gasteiger partial charge is 0.246 e. The van der Waals surface area contributed by atoms with Crippen LogP contribution in [0.3, 0.4) is 0 Å². The molecule has 2 amide bonds. The van der Waals surface area contributed by atoms with E-state index >= 15 is 0 Å². The molecule has 1 aliphatic heterocycles. The van der Waals surface area contributed by atoms with Crippen LogP contribution in [0, 0.1) is 13.8 Å². The summed E-state index contributed by atoms with van der Waals surface area (Å²) in [4.78, 5) is 24.8. The molecule has 4 heteroatoms. The topological polar surface area (TPSA) is 49.4 Å². The van der Waals surface area contributed by atoms with Crippen LogP contribution in [0.25, 0.3) is 0 Å². The second kappa shape index (κ2) is 4.57. The van der Waals surface area contributed by atoms with Crippen molar-refractivity contribution in [3.8, 4) is 0 Å². The average Bonchev–Trinajstić information content (AvgIpc) is 2.40. The Balaban J connectivity index is 2.30. The van der Waals surface area contributed by atoms with Crippen molar-refractivity contribution in [2.45, 2.75) is 20.3 Å². The third-order valence-corrected chi connectivity index (χ3v) is 2.82. The molecule has 0 bridgehead atoms. The first kappa shape index (κ1) is 11.6. The van der Waals surface area contributed by atoms with Crippen LogP contribution in [-0.2, 0) is 9.59 Å². The normalized spacial score (nSPS) is 16.7. The Kier molecular flexibility index (Phi) is 3.13. The van der Waals surface area contributed by atoms with Gasteiger partial charge in [0, 0.05) is 18.7 Å². The van der Waals surface area contributed by atoms with Crippen LogP contribution in [0.5, 0.6) is 0 Å². The minimum Gasteiger partial charge on any atom is -0.347 e. The van der Waals surface area contributed by atoms with Crippen molar-refractivity contribution < 1.29 is 9.59 Å². The molecule has 1 fully saturated rings. The van der Waals surface area contributed by atoms with E-state index in [1.807, 2.05) is 26.0 Å². The second-order valence-electron chi connectivity index (χ2n) is 4.42.